The standard InChI is InChI=1S/C22H23N3O3/c1-27-19-10-15-18(11-20(19)28-2)24-12-16(22(23)26)21(15)25-17-9-5-7-13-6-3-4-8-14(13)17/h5,7,9-12H,3-4,6,8H2,1-2H3,(H2,23,26)(H,24,25). The van der Waals surface area contributed by atoms with Crippen molar-refractivity contribution in [2.75, 3.05) is 19.5 Å². The quantitative estimate of drug-likeness (QED) is 0.702. The van der Waals surface area contributed by atoms with Gasteiger partial charge >= 0.3 is 0 Å². The van der Waals surface area contributed by atoms with Crippen molar-refractivity contribution in [1.82, 2.24) is 4.98 Å². The average Bonchev–Trinajstić information content (AvgIpc) is 2.73. The maximum Gasteiger partial charge on any atom is 0.252 e. The summed E-state index contributed by atoms with van der Waals surface area (Å²) in [5.74, 6) is 0.616. The first kappa shape index (κ1) is 18.1. The second-order valence-electron chi connectivity index (χ2n) is 6.91. The molecule has 0 atom stereocenters. The Morgan fingerprint density at radius 1 is 1.11 bits per heavy atom. The number of carbonyl (C=O) groups excluding carboxylic acids is 1. The molecule has 0 saturated carbocycles. The Morgan fingerprint density at radius 3 is 2.61 bits per heavy atom. The number of methoxy groups -OCH3 is 2. The van der Waals surface area contributed by atoms with Gasteiger partial charge in [-0.05, 0) is 48.9 Å². The van der Waals surface area contributed by atoms with Crippen LogP contribution >= 0.6 is 0 Å². The number of hydrogen-bond donors (Lipinski definition) is 2. The molecule has 4 rings (SSSR count). The predicted octanol–water partition coefficient (Wildman–Crippen LogP) is 3.97. The highest BCUT2D eigenvalue weighted by atomic mass is 16.5. The van der Waals surface area contributed by atoms with Crippen molar-refractivity contribution in [2.24, 2.45) is 5.73 Å². The van der Waals surface area contributed by atoms with Crippen molar-refractivity contribution in [3.63, 3.8) is 0 Å². The Kier molecular flexibility index (Phi) is 4.77. The molecule has 0 fully saturated rings. The number of nitrogens with one attached hydrogen (secondary N) is 1. The number of nitrogens with two attached hydrogens (primary N) is 1. The minimum Gasteiger partial charge on any atom is -0.493 e. The number of benzene rings is 2. The SMILES string of the molecule is COc1cc2ncc(C(N)=O)c(Nc3cccc4c3CCCC4)c2cc1OC. The molecule has 0 bridgehead atoms. The van der Waals surface area contributed by atoms with Gasteiger partial charge < -0.3 is 20.5 Å². The lowest BCUT2D eigenvalue weighted by molar-refractivity contribution is 0.100. The lowest BCUT2D eigenvalue weighted by Crippen LogP contribution is -2.15. The number of pyridine rings is 1. The highest BCUT2D eigenvalue weighted by Crippen LogP contribution is 2.38. The van der Waals surface area contributed by atoms with Gasteiger partial charge in [-0.1, -0.05) is 12.1 Å². The van der Waals surface area contributed by atoms with Crippen LogP contribution in [0.5, 0.6) is 11.5 Å². The summed E-state index contributed by atoms with van der Waals surface area (Å²) < 4.78 is 10.8. The topological polar surface area (TPSA) is 86.5 Å². The van der Waals surface area contributed by atoms with E-state index < -0.39 is 5.91 Å². The third-order valence-electron chi connectivity index (χ3n) is 5.29. The zero-order valence-corrected chi connectivity index (χ0v) is 16.0. The van der Waals surface area contributed by atoms with Crippen molar-refractivity contribution in [3.05, 3.63) is 53.2 Å². The Morgan fingerprint density at radius 2 is 1.86 bits per heavy atom. The minimum absolute atomic E-state index is 0.341. The zero-order chi connectivity index (χ0) is 19.7. The highest BCUT2D eigenvalue weighted by molar-refractivity contribution is 6.08. The number of anilines is 2. The van der Waals surface area contributed by atoms with E-state index in [2.05, 4.69) is 16.4 Å². The molecule has 0 unspecified atom stereocenters. The normalized spacial score (nSPS) is 13.1. The van der Waals surface area contributed by atoms with Gasteiger partial charge in [0, 0.05) is 23.3 Å². The van der Waals surface area contributed by atoms with Crippen molar-refractivity contribution in [2.45, 2.75) is 25.7 Å². The van der Waals surface area contributed by atoms with Crippen LogP contribution in [0.2, 0.25) is 0 Å². The Balaban J connectivity index is 1.92. The number of rotatable bonds is 5. The van der Waals surface area contributed by atoms with Crippen molar-refractivity contribution in [1.29, 1.82) is 0 Å². The largest absolute Gasteiger partial charge is 0.493 e. The van der Waals surface area contributed by atoms with Crippen molar-refractivity contribution >= 4 is 28.2 Å². The fourth-order valence-electron chi connectivity index (χ4n) is 3.87. The van der Waals surface area contributed by atoms with Crippen molar-refractivity contribution in [3.8, 4) is 11.5 Å². The fourth-order valence-corrected chi connectivity index (χ4v) is 3.87. The monoisotopic (exact) mass is 377 g/mol. The smallest absolute Gasteiger partial charge is 0.252 e. The summed E-state index contributed by atoms with van der Waals surface area (Å²) in [7, 11) is 3.16. The molecule has 0 aliphatic heterocycles. The van der Waals surface area contributed by atoms with Gasteiger partial charge in [0.2, 0.25) is 0 Å². The Hall–Kier alpha value is -3.28. The predicted molar refractivity (Wildman–Crippen MR) is 110 cm³/mol. The minimum atomic E-state index is -0.531. The van der Waals surface area contributed by atoms with Crippen LogP contribution in [0, 0.1) is 0 Å². The molecule has 1 aliphatic rings. The maximum absolute atomic E-state index is 12.1. The molecule has 1 aliphatic carbocycles. The van der Waals surface area contributed by atoms with Gasteiger partial charge in [0.25, 0.3) is 5.91 Å². The van der Waals surface area contributed by atoms with E-state index in [1.54, 1.807) is 20.3 Å². The van der Waals surface area contributed by atoms with E-state index in [0.29, 0.717) is 28.3 Å². The summed E-state index contributed by atoms with van der Waals surface area (Å²) in [6.45, 7) is 0. The van der Waals surface area contributed by atoms with Crippen LogP contribution in [0.4, 0.5) is 11.4 Å². The first-order chi connectivity index (χ1) is 13.6. The van der Waals surface area contributed by atoms with Crippen LogP contribution in [0.1, 0.15) is 34.3 Å². The Bertz CT molecular complexity index is 1060. The number of aromatic nitrogens is 1. The summed E-state index contributed by atoms with van der Waals surface area (Å²) in [6, 6.07) is 9.88. The van der Waals surface area contributed by atoms with Crippen LogP contribution in [0.25, 0.3) is 10.9 Å². The van der Waals surface area contributed by atoms with E-state index in [9.17, 15) is 4.79 Å². The van der Waals surface area contributed by atoms with E-state index in [1.165, 1.54) is 23.7 Å². The summed E-state index contributed by atoms with van der Waals surface area (Å²) in [5.41, 5.74) is 11.0. The van der Waals surface area contributed by atoms with Crippen LogP contribution in [-0.2, 0) is 12.8 Å². The number of amides is 1. The first-order valence-corrected chi connectivity index (χ1v) is 9.34. The third-order valence-corrected chi connectivity index (χ3v) is 5.29. The molecular weight excluding hydrogens is 354 g/mol. The zero-order valence-electron chi connectivity index (χ0n) is 16.0. The third kappa shape index (κ3) is 3.11. The molecule has 3 aromatic rings. The molecule has 0 radical (unpaired) electrons. The number of aryl methyl sites for hydroxylation is 1. The molecule has 1 amide bonds. The van der Waals surface area contributed by atoms with Crippen LogP contribution < -0.4 is 20.5 Å². The number of primary amides is 1. The number of ether oxygens (including phenoxy) is 2. The van der Waals surface area contributed by atoms with Gasteiger partial charge in [-0.3, -0.25) is 9.78 Å². The van der Waals surface area contributed by atoms with Crippen LogP contribution in [-0.4, -0.2) is 25.1 Å². The van der Waals surface area contributed by atoms with E-state index in [4.69, 9.17) is 15.2 Å². The second-order valence-corrected chi connectivity index (χ2v) is 6.91. The van der Waals surface area contributed by atoms with E-state index in [1.807, 2.05) is 18.2 Å². The average molecular weight is 377 g/mol. The molecule has 1 aromatic heterocycles. The lowest BCUT2D eigenvalue weighted by Gasteiger charge is -2.22. The maximum atomic E-state index is 12.1. The molecule has 144 valence electrons. The first-order valence-electron chi connectivity index (χ1n) is 9.34. The van der Waals surface area contributed by atoms with E-state index in [-0.39, 0.29) is 0 Å². The highest BCUT2D eigenvalue weighted by Gasteiger charge is 2.19. The number of carbonyl (C=O) groups is 1. The summed E-state index contributed by atoms with van der Waals surface area (Å²) >= 11 is 0. The number of nitrogens with zero attached hydrogens (tertiary/aromatic N) is 1. The lowest BCUT2D eigenvalue weighted by atomic mass is 9.90. The molecule has 3 N–H and O–H groups in total. The molecule has 28 heavy (non-hydrogen) atoms. The summed E-state index contributed by atoms with van der Waals surface area (Å²) in [4.78, 5) is 16.5. The molecule has 0 spiro atoms. The van der Waals surface area contributed by atoms with Gasteiger partial charge in [-0.15, -0.1) is 0 Å². The van der Waals surface area contributed by atoms with Gasteiger partial charge in [-0.25, -0.2) is 0 Å². The molecule has 2 aromatic carbocycles. The summed E-state index contributed by atoms with van der Waals surface area (Å²) in [6.07, 6.45) is 5.98. The number of hydrogen-bond acceptors (Lipinski definition) is 5. The second kappa shape index (κ2) is 7.38. The van der Waals surface area contributed by atoms with E-state index >= 15 is 0 Å². The molecule has 0 saturated heterocycles. The van der Waals surface area contributed by atoms with Crippen molar-refractivity contribution < 1.29 is 14.3 Å². The molecule has 6 heteroatoms. The molecular formula is C22H23N3O3. The summed E-state index contributed by atoms with van der Waals surface area (Å²) in [5, 5.41) is 4.23. The molecule has 1 heterocycles. The van der Waals surface area contributed by atoms with Gasteiger partial charge in [-0.2, -0.15) is 0 Å². The van der Waals surface area contributed by atoms with Crippen LogP contribution in [0.15, 0.2) is 36.5 Å². The van der Waals surface area contributed by atoms with Crippen LogP contribution in [0.3, 0.4) is 0 Å². The van der Waals surface area contributed by atoms with Gasteiger partial charge in [0.05, 0.1) is 31.0 Å². The van der Waals surface area contributed by atoms with E-state index in [0.717, 1.165) is 30.3 Å². The number of fused-ring (bicyclic) bond motifs is 2. The Labute approximate surface area is 163 Å². The van der Waals surface area contributed by atoms with Gasteiger partial charge in [0.1, 0.15) is 0 Å². The fraction of sp³-hybridized carbons (Fsp3) is 0.273. The van der Waals surface area contributed by atoms with Gasteiger partial charge in [0.15, 0.2) is 11.5 Å². The molecule has 6 nitrogen and oxygen atoms in total.